The number of ether oxygens (including phenoxy) is 2. The fourth-order valence-corrected chi connectivity index (χ4v) is 3.03. The van der Waals surface area contributed by atoms with Crippen molar-refractivity contribution in [3.63, 3.8) is 0 Å². The molecule has 0 radical (unpaired) electrons. The molecule has 29 heavy (non-hydrogen) atoms. The lowest BCUT2D eigenvalue weighted by Crippen LogP contribution is -2.31. The van der Waals surface area contributed by atoms with Gasteiger partial charge in [0, 0.05) is 17.3 Å². The van der Waals surface area contributed by atoms with Crippen LogP contribution < -0.4 is 20.3 Å². The highest BCUT2D eigenvalue weighted by Gasteiger charge is 2.12. The summed E-state index contributed by atoms with van der Waals surface area (Å²) < 4.78 is 10.5. The number of amides is 1. The fraction of sp³-hybridized carbons (Fsp3) is 0.182. The Hall–Kier alpha value is -3.25. The average molecular weight is 413 g/mol. The third kappa shape index (κ3) is 4.97. The summed E-state index contributed by atoms with van der Waals surface area (Å²) in [5, 5.41) is 3.39. The van der Waals surface area contributed by atoms with Crippen molar-refractivity contribution in [3.05, 3.63) is 81.1 Å². The molecule has 1 amide bonds. The van der Waals surface area contributed by atoms with E-state index >= 15 is 0 Å². The number of nitrogens with one attached hydrogen (secondary N) is 2. The topological polar surface area (TPSA) is 80.4 Å². The van der Waals surface area contributed by atoms with E-state index in [1.165, 1.54) is 6.07 Å². The molecule has 0 atom stereocenters. The first kappa shape index (κ1) is 20.5. The van der Waals surface area contributed by atoms with Crippen LogP contribution in [0, 0.1) is 0 Å². The van der Waals surface area contributed by atoms with Crippen LogP contribution >= 0.6 is 11.6 Å². The lowest BCUT2D eigenvalue weighted by molar-refractivity contribution is 0.0952. The summed E-state index contributed by atoms with van der Waals surface area (Å²) in [6.45, 7) is 0.382. The molecule has 0 unspecified atom stereocenters. The van der Waals surface area contributed by atoms with Crippen molar-refractivity contribution < 1.29 is 14.3 Å². The second kappa shape index (κ2) is 9.30. The predicted molar refractivity (Wildman–Crippen MR) is 113 cm³/mol. The lowest BCUT2D eigenvalue weighted by Gasteiger charge is -2.10. The summed E-state index contributed by atoms with van der Waals surface area (Å²) in [6.07, 6.45) is 0.590. The van der Waals surface area contributed by atoms with E-state index in [0.717, 1.165) is 11.1 Å². The maximum atomic E-state index is 12.4. The first-order valence-electron chi connectivity index (χ1n) is 9.00. The van der Waals surface area contributed by atoms with Gasteiger partial charge in [0.25, 0.3) is 11.5 Å². The van der Waals surface area contributed by atoms with Crippen LogP contribution in [-0.2, 0) is 6.42 Å². The van der Waals surface area contributed by atoms with Crippen molar-refractivity contribution in [1.29, 1.82) is 0 Å². The van der Waals surface area contributed by atoms with Gasteiger partial charge >= 0.3 is 0 Å². The summed E-state index contributed by atoms with van der Waals surface area (Å²) in [6, 6.07) is 15.9. The van der Waals surface area contributed by atoms with Crippen molar-refractivity contribution in [2.75, 3.05) is 20.8 Å². The number of pyridine rings is 1. The van der Waals surface area contributed by atoms with E-state index in [4.69, 9.17) is 21.1 Å². The molecule has 2 aromatic carbocycles. The number of aromatic nitrogens is 1. The zero-order valence-electron chi connectivity index (χ0n) is 16.1. The van der Waals surface area contributed by atoms with Gasteiger partial charge in [0.2, 0.25) is 0 Å². The number of aromatic amines is 1. The molecule has 0 bridgehead atoms. The monoisotopic (exact) mass is 412 g/mol. The van der Waals surface area contributed by atoms with E-state index < -0.39 is 11.5 Å². The van der Waals surface area contributed by atoms with Gasteiger partial charge in [0.1, 0.15) is 5.56 Å². The zero-order valence-corrected chi connectivity index (χ0v) is 16.9. The molecule has 0 aliphatic heterocycles. The molecule has 7 heteroatoms. The first-order valence-corrected chi connectivity index (χ1v) is 9.38. The van der Waals surface area contributed by atoms with Crippen molar-refractivity contribution in [2.24, 2.45) is 0 Å². The fourth-order valence-electron chi connectivity index (χ4n) is 2.90. The molecule has 0 saturated carbocycles. The minimum atomic E-state index is -0.443. The van der Waals surface area contributed by atoms with Crippen LogP contribution in [0.1, 0.15) is 15.9 Å². The molecule has 150 valence electrons. The van der Waals surface area contributed by atoms with Gasteiger partial charge in [-0.1, -0.05) is 29.8 Å². The Morgan fingerprint density at radius 3 is 2.38 bits per heavy atom. The van der Waals surface area contributed by atoms with E-state index in [2.05, 4.69) is 10.3 Å². The number of hydrogen-bond acceptors (Lipinski definition) is 4. The van der Waals surface area contributed by atoms with Crippen LogP contribution in [-0.4, -0.2) is 31.7 Å². The largest absolute Gasteiger partial charge is 0.493 e. The highest BCUT2D eigenvalue weighted by molar-refractivity contribution is 6.30. The van der Waals surface area contributed by atoms with Crippen molar-refractivity contribution in [1.82, 2.24) is 10.3 Å². The molecule has 0 spiro atoms. The highest BCUT2D eigenvalue weighted by Crippen LogP contribution is 2.27. The van der Waals surface area contributed by atoms with E-state index in [1.54, 1.807) is 44.6 Å². The molecule has 6 nitrogen and oxygen atoms in total. The van der Waals surface area contributed by atoms with Crippen LogP contribution in [0.2, 0.25) is 5.02 Å². The van der Waals surface area contributed by atoms with Crippen molar-refractivity contribution in [2.45, 2.75) is 6.42 Å². The molecule has 0 fully saturated rings. The van der Waals surface area contributed by atoms with Gasteiger partial charge in [-0.15, -0.1) is 0 Å². The first-order chi connectivity index (χ1) is 14.0. The number of methoxy groups -OCH3 is 2. The third-order valence-electron chi connectivity index (χ3n) is 4.46. The second-order valence-electron chi connectivity index (χ2n) is 6.32. The molecule has 1 aromatic heterocycles. The Labute approximate surface area is 173 Å². The van der Waals surface area contributed by atoms with Crippen LogP contribution in [0.25, 0.3) is 11.3 Å². The molecule has 3 aromatic rings. The molecule has 0 aliphatic carbocycles. The van der Waals surface area contributed by atoms with E-state index in [9.17, 15) is 9.59 Å². The summed E-state index contributed by atoms with van der Waals surface area (Å²) in [5.41, 5.74) is 2.03. The number of rotatable bonds is 7. The minimum Gasteiger partial charge on any atom is -0.493 e. The van der Waals surface area contributed by atoms with Crippen molar-refractivity contribution >= 4 is 17.5 Å². The maximum absolute atomic E-state index is 12.4. The Morgan fingerprint density at radius 2 is 1.72 bits per heavy atom. The maximum Gasteiger partial charge on any atom is 0.261 e. The van der Waals surface area contributed by atoms with Crippen LogP contribution in [0.5, 0.6) is 11.5 Å². The lowest BCUT2D eigenvalue weighted by atomic mass is 10.1. The molecular formula is C22H21ClN2O4. The average Bonchev–Trinajstić information content (AvgIpc) is 2.74. The number of carbonyl (C=O) groups excluding carboxylic acids is 1. The molecule has 2 N–H and O–H groups in total. The number of benzene rings is 2. The number of halogens is 1. The SMILES string of the molecule is COc1ccc(CCNC(=O)c2ccc(-c3ccc(Cl)cc3)[nH]c2=O)cc1OC. The Bertz CT molecular complexity index is 1060. The van der Waals surface area contributed by atoms with Crippen LogP contribution in [0.3, 0.4) is 0 Å². The summed E-state index contributed by atoms with van der Waals surface area (Å²) >= 11 is 5.88. The van der Waals surface area contributed by atoms with Gasteiger partial charge in [-0.05, 0) is 53.9 Å². The van der Waals surface area contributed by atoms with Crippen LogP contribution in [0.15, 0.2) is 59.4 Å². The number of H-pyrrole nitrogens is 1. The molecular weight excluding hydrogens is 392 g/mol. The van der Waals surface area contributed by atoms with Gasteiger partial charge < -0.3 is 19.8 Å². The third-order valence-corrected chi connectivity index (χ3v) is 4.71. The Morgan fingerprint density at radius 1 is 1.00 bits per heavy atom. The quantitative estimate of drug-likeness (QED) is 0.620. The minimum absolute atomic E-state index is 0.0648. The normalized spacial score (nSPS) is 10.4. The van der Waals surface area contributed by atoms with E-state index in [0.29, 0.717) is 35.2 Å². The van der Waals surface area contributed by atoms with Gasteiger partial charge in [-0.25, -0.2) is 0 Å². The van der Waals surface area contributed by atoms with Gasteiger partial charge in [0.15, 0.2) is 11.5 Å². The molecule has 0 aliphatic rings. The second-order valence-corrected chi connectivity index (χ2v) is 6.75. The van der Waals surface area contributed by atoms with Crippen molar-refractivity contribution in [3.8, 4) is 22.8 Å². The summed E-state index contributed by atoms with van der Waals surface area (Å²) in [5.74, 6) is 0.854. The standard InChI is InChI=1S/C22H21ClN2O4/c1-28-19-10-3-14(13-20(19)29-2)11-12-24-21(26)17-8-9-18(25-22(17)27)15-4-6-16(23)7-5-15/h3-10,13H,11-12H2,1-2H3,(H,24,26)(H,25,27). The number of carbonyl (C=O) groups is 1. The number of hydrogen-bond donors (Lipinski definition) is 2. The predicted octanol–water partition coefficient (Wildman–Crippen LogP) is 3.69. The summed E-state index contributed by atoms with van der Waals surface area (Å²) in [7, 11) is 3.15. The van der Waals surface area contributed by atoms with E-state index in [-0.39, 0.29) is 5.56 Å². The van der Waals surface area contributed by atoms with E-state index in [1.807, 2.05) is 18.2 Å². The summed E-state index contributed by atoms with van der Waals surface area (Å²) in [4.78, 5) is 27.5. The Kier molecular flexibility index (Phi) is 6.57. The molecule has 3 rings (SSSR count). The van der Waals surface area contributed by atoms with Crippen LogP contribution in [0.4, 0.5) is 0 Å². The Balaban J connectivity index is 1.64. The molecule has 0 saturated heterocycles. The molecule has 1 heterocycles. The van der Waals surface area contributed by atoms with Gasteiger partial charge in [0.05, 0.1) is 14.2 Å². The smallest absolute Gasteiger partial charge is 0.261 e. The van der Waals surface area contributed by atoms with Gasteiger partial charge in [-0.2, -0.15) is 0 Å². The highest BCUT2D eigenvalue weighted by atomic mass is 35.5. The zero-order chi connectivity index (χ0) is 20.8. The van der Waals surface area contributed by atoms with Gasteiger partial charge in [-0.3, -0.25) is 9.59 Å².